The summed E-state index contributed by atoms with van der Waals surface area (Å²) in [4.78, 5) is 4.15. The summed E-state index contributed by atoms with van der Waals surface area (Å²) < 4.78 is 22.6. The first kappa shape index (κ1) is 14.6. The fraction of sp³-hybridized carbons (Fsp3) is 0.333. The molecule has 108 valence electrons. The van der Waals surface area contributed by atoms with Crippen LogP contribution in [0.3, 0.4) is 0 Å². The molecule has 0 aliphatic rings. The lowest BCUT2D eigenvalue weighted by atomic mass is 10.1. The lowest BCUT2D eigenvalue weighted by Crippen LogP contribution is -2.22. The molecule has 8 heteroatoms. The van der Waals surface area contributed by atoms with Crippen molar-refractivity contribution in [3.05, 3.63) is 42.0 Å². The van der Waals surface area contributed by atoms with Gasteiger partial charge in [0.15, 0.2) is 0 Å². The Labute approximate surface area is 117 Å². The molecule has 0 bridgehead atoms. The van der Waals surface area contributed by atoms with Gasteiger partial charge in [-0.05, 0) is 24.6 Å². The van der Waals surface area contributed by atoms with Crippen molar-refractivity contribution >= 4 is 10.0 Å². The van der Waals surface area contributed by atoms with E-state index in [4.69, 9.17) is 5.14 Å². The molecule has 0 radical (unpaired) electrons. The first-order valence-corrected chi connectivity index (χ1v) is 7.72. The minimum atomic E-state index is -3.67. The van der Waals surface area contributed by atoms with Gasteiger partial charge in [-0.1, -0.05) is 12.1 Å². The summed E-state index contributed by atoms with van der Waals surface area (Å²) >= 11 is 0. The topological polar surface area (TPSA) is 114 Å². The molecule has 0 fully saturated rings. The van der Waals surface area contributed by atoms with E-state index in [1.165, 1.54) is 12.4 Å². The van der Waals surface area contributed by atoms with Crippen molar-refractivity contribution in [3.63, 3.8) is 0 Å². The Hall–Kier alpha value is -1.77. The molecule has 0 spiro atoms. The monoisotopic (exact) mass is 295 g/mol. The van der Waals surface area contributed by atoms with Crippen LogP contribution in [0.15, 0.2) is 35.5 Å². The molecule has 1 aromatic carbocycles. The van der Waals surface area contributed by atoms with Crippen LogP contribution in [-0.2, 0) is 16.4 Å². The molecule has 1 aromatic heterocycles. The fourth-order valence-electron chi connectivity index (χ4n) is 1.84. The third-order valence-electron chi connectivity index (χ3n) is 2.96. The van der Waals surface area contributed by atoms with Crippen molar-refractivity contribution < 1.29 is 8.42 Å². The molecule has 20 heavy (non-hydrogen) atoms. The lowest BCUT2D eigenvalue weighted by Gasteiger charge is -2.14. The van der Waals surface area contributed by atoms with Crippen molar-refractivity contribution in [2.75, 3.05) is 6.54 Å². The second-order valence-corrected chi connectivity index (χ2v) is 6.04. The standard InChI is InChI=1S/C12H17N5O2S/c1-9(14-6-5-12-15-8-16-17-12)10-3-2-4-11(7-10)20(13,18)19/h2-4,7-9,14H,5-6H2,1H3,(H2,13,18,19)(H,15,16,17). The smallest absolute Gasteiger partial charge is 0.238 e. The van der Waals surface area contributed by atoms with Crippen LogP contribution in [0, 0.1) is 0 Å². The Morgan fingerprint density at radius 1 is 1.45 bits per heavy atom. The number of benzene rings is 1. The molecule has 0 saturated carbocycles. The van der Waals surface area contributed by atoms with Gasteiger partial charge in [-0.2, -0.15) is 5.10 Å². The number of hydrogen-bond donors (Lipinski definition) is 3. The van der Waals surface area contributed by atoms with E-state index >= 15 is 0 Å². The Morgan fingerprint density at radius 3 is 2.90 bits per heavy atom. The summed E-state index contributed by atoms with van der Waals surface area (Å²) in [6, 6.07) is 6.63. The molecule has 0 saturated heterocycles. The van der Waals surface area contributed by atoms with Crippen molar-refractivity contribution in [1.82, 2.24) is 20.5 Å². The van der Waals surface area contributed by atoms with Crippen LogP contribution in [-0.4, -0.2) is 30.1 Å². The van der Waals surface area contributed by atoms with Gasteiger partial charge in [-0.3, -0.25) is 5.10 Å². The van der Waals surface area contributed by atoms with Crippen LogP contribution in [0.5, 0.6) is 0 Å². The van der Waals surface area contributed by atoms with Gasteiger partial charge in [-0.15, -0.1) is 0 Å². The minimum absolute atomic E-state index is 0.0135. The lowest BCUT2D eigenvalue weighted by molar-refractivity contribution is 0.568. The third-order valence-corrected chi connectivity index (χ3v) is 3.87. The number of H-pyrrole nitrogens is 1. The van der Waals surface area contributed by atoms with Crippen LogP contribution in [0.25, 0.3) is 0 Å². The van der Waals surface area contributed by atoms with E-state index in [9.17, 15) is 8.42 Å². The van der Waals surface area contributed by atoms with Gasteiger partial charge in [0, 0.05) is 19.0 Å². The number of sulfonamides is 1. The zero-order valence-corrected chi connectivity index (χ0v) is 11.9. The number of aromatic nitrogens is 3. The summed E-state index contributed by atoms with van der Waals surface area (Å²) in [6.45, 7) is 2.67. The number of hydrogen-bond acceptors (Lipinski definition) is 5. The number of rotatable bonds is 6. The van der Waals surface area contributed by atoms with E-state index in [-0.39, 0.29) is 10.9 Å². The van der Waals surface area contributed by atoms with Crippen molar-refractivity contribution in [2.24, 2.45) is 5.14 Å². The highest BCUT2D eigenvalue weighted by Gasteiger charge is 2.11. The quantitative estimate of drug-likeness (QED) is 0.711. The largest absolute Gasteiger partial charge is 0.310 e. The van der Waals surface area contributed by atoms with E-state index in [1.54, 1.807) is 12.1 Å². The van der Waals surface area contributed by atoms with E-state index in [1.807, 2.05) is 13.0 Å². The third kappa shape index (κ3) is 3.86. The highest BCUT2D eigenvalue weighted by Crippen LogP contribution is 2.16. The first-order valence-electron chi connectivity index (χ1n) is 6.17. The van der Waals surface area contributed by atoms with Crippen molar-refractivity contribution in [3.8, 4) is 0 Å². The molecule has 0 aliphatic heterocycles. The Bertz CT molecular complexity index is 654. The van der Waals surface area contributed by atoms with Gasteiger partial charge >= 0.3 is 0 Å². The van der Waals surface area contributed by atoms with E-state index in [2.05, 4.69) is 20.5 Å². The zero-order chi connectivity index (χ0) is 14.6. The second kappa shape index (κ2) is 6.12. The molecule has 2 rings (SSSR count). The average molecular weight is 295 g/mol. The molecule has 1 atom stereocenters. The van der Waals surface area contributed by atoms with Gasteiger partial charge in [0.2, 0.25) is 10.0 Å². The van der Waals surface area contributed by atoms with Gasteiger partial charge < -0.3 is 5.32 Å². The Kier molecular flexibility index (Phi) is 4.48. The maximum atomic E-state index is 11.3. The molecule has 4 N–H and O–H groups in total. The predicted molar refractivity (Wildman–Crippen MR) is 74.3 cm³/mol. The molecule has 7 nitrogen and oxygen atoms in total. The summed E-state index contributed by atoms with van der Waals surface area (Å²) in [5.74, 6) is 0.808. The average Bonchev–Trinajstić information content (AvgIpc) is 2.91. The van der Waals surface area contributed by atoms with Crippen LogP contribution >= 0.6 is 0 Å². The normalized spacial score (nSPS) is 13.3. The van der Waals surface area contributed by atoms with Crippen LogP contribution in [0.4, 0.5) is 0 Å². The summed E-state index contributed by atoms with van der Waals surface area (Å²) in [5.41, 5.74) is 0.870. The van der Waals surface area contributed by atoms with E-state index in [0.717, 1.165) is 17.8 Å². The Balaban J connectivity index is 1.97. The molecule has 0 amide bonds. The Morgan fingerprint density at radius 2 is 2.25 bits per heavy atom. The van der Waals surface area contributed by atoms with Crippen molar-refractivity contribution in [2.45, 2.75) is 24.3 Å². The maximum Gasteiger partial charge on any atom is 0.238 e. The number of nitrogens with zero attached hydrogens (tertiary/aromatic N) is 2. The highest BCUT2D eigenvalue weighted by atomic mass is 32.2. The summed E-state index contributed by atoms with van der Waals surface area (Å²) in [7, 11) is -3.67. The number of primary sulfonamides is 1. The molecule has 2 aromatic rings. The van der Waals surface area contributed by atoms with Gasteiger partial charge in [-0.25, -0.2) is 18.5 Å². The molecular weight excluding hydrogens is 278 g/mol. The summed E-state index contributed by atoms with van der Waals surface area (Å²) in [6.07, 6.45) is 2.19. The fourth-order valence-corrected chi connectivity index (χ4v) is 2.41. The maximum absolute atomic E-state index is 11.3. The van der Waals surface area contributed by atoms with Crippen LogP contribution in [0.1, 0.15) is 24.4 Å². The van der Waals surface area contributed by atoms with Crippen LogP contribution < -0.4 is 10.5 Å². The molecule has 1 heterocycles. The van der Waals surface area contributed by atoms with Crippen LogP contribution in [0.2, 0.25) is 0 Å². The van der Waals surface area contributed by atoms with E-state index in [0.29, 0.717) is 6.54 Å². The molecule has 0 aliphatic carbocycles. The SMILES string of the molecule is CC(NCCc1ncn[nH]1)c1cccc(S(N)(=O)=O)c1. The number of aromatic amines is 1. The number of nitrogens with two attached hydrogens (primary N) is 1. The van der Waals surface area contributed by atoms with Gasteiger partial charge in [0.25, 0.3) is 0 Å². The summed E-state index contributed by atoms with van der Waals surface area (Å²) in [5, 5.41) is 15.0. The predicted octanol–water partition coefficient (Wildman–Crippen LogP) is 0.345. The minimum Gasteiger partial charge on any atom is -0.310 e. The first-order chi connectivity index (χ1) is 9.47. The van der Waals surface area contributed by atoms with Gasteiger partial charge in [0.1, 0.15) is 12.2 Å². The molecule has 1 unspecified atom stereocenters. The van der Waals surface area contributed by atoms with Crippen molar-refractivity contribution in [1.29, 1.82) is 0 Å². The van der Waals surface area contributed by atoms with Gasteiger partial charge in [0.05, 0.1) is 4.90 Å². The van der Waals surface area contributed by atoms with E-state index < -0.39 is 10.0 Å². The number of nitrogens with one attached hydrogen (secondary N) is 2. The zero-order valence-electron chi connectivity index (χ0n) is 11.1. The second-order valence-electron chi connectivity index (χ2n) is 4.48. The molecular formula is C12H17N5O2S. The highest BCUT2D eigenvalue weighted by molar-refractivity contribution is 7.89.